The first-order valence-electron chi connectivity index (χ1n) is 8.02. The summed E-state index contributed by atoms with van der Waals surface area (Å²) in [6.45, 7) is 20.3. The van der Waals surface area contributed by atoms with E-state index in [1.165, 1.54) is 0 Å². The highest BCUT2D eigenvalue weighted by Gasteiger charge is 2.21. The second-order valence-corrected chi connectivity index (χ2v) is 6.37. The molecule has 0 unspecified atom stereocenters. The molecule has 0 saturated heterocycles. The lowest BCUT2D eigenvalue weighted by atomic mass is 9.92. The van der Waals surface area contributed by atoms with E-state index in [-0.39, 0.29) is 5.41 Å². The van der Waals surface area contributed by atoms with Crippen LogP contribution < -0.4 is 5.32 Å². The van der Waals surface area contributed by atoms with E-state index >= 15 is 0 Å². The highest BCUT2D eigenvalue weighted by Crippen LogP contribution is 2.16. The molecular weight excluding hydrogens is 252 g/mol. The summed E-state index contributed by atoms with van der Waals surface area (Å²) in [4.78, 5) is 2.45. The van der Waals surface area contributed by atoms with E-state index in [0.717, 1.165) is 52.6 Å². The molecule has 0 aliphatic rings. The van der Waals surface area contributed by atoms with E-state index in [1.807, 2.05) is 13.8 Å². The predicted molar refractivity (Wildman–Crippen MR) is 86.3 cm³/mol. The summed E-state index contributed by atoms with van der Waals surface area (Å²) >= 11 is 0. The summed E-state index contributed by atoms with van der Waals surface area (Å²) in [5.74, 6) is 0. The summed E-state index contributed by atoms with van der Waals surface area (Å²) < 4.78 is 11.0. The summed E-state index contributed by atoms with van der Waals surface area (Å²) in [6, 6.07) is 0.537. The minimum Gasteiger partial charge on any atom is -0.380 e. The fourth-order valence-corrected chi connectivity index (χ4v) is 2.09. The Morgan fingerprint density at radius 3 is 1.90 bits per heavy atom. The van der Waals surface area contributed by atoms with Gasteiger partial charge in [0, 0.05) is 45.4 Å². The molecule has 122 valence electrons. The van der Waals surface area contributed by atoms with Crippen molar-refractivity contribution in [3.63, 3.8) is 0 Å². The van der Waals surface area contributed by atoms with Gasteiger partial charge in [0.1, 0.15) is 0 Å². The molecule has 0 spiro atoms. The quantitative estimate of drug-likeness (QED) is 0.528. The maximum absolute atomic E-state index is 5.48. The third-order valence-electron chi connectivity index (χ3n) is 3.15. The van der Waals surface area contributed by atoms with Crippen molar-refractivity contribution >= 4 is 0 Å². The molecule has 20 heavy (non-hydrogen) atoms. The van der Waals surface area contributed by atoms with Crippen LogP contribution in [0, 0.1) is 5.41 Å². The second kappa shape index (κ2) is 11.5. The number of nitrogens with zero attached hydrogens (tertiary/aromatic N) is 1. The zero-order valence-corrected chi connectivity index (χ0v) is 14.5. The lowest BCUT2D eigenvalue weighted by molar-refractivity contribution is 0.0647. The minimum atomic E-state index is 0.253. The fourth-order valence-electron chi connectivity index (χ4n) is 2.09. The van der Waals surface area contributed by atoms with Gasteiger partial charge in [-0.05, 0) is 19.3 Å². The highest BCUT2D eigenvalue weighted by atomic mass is 16.5. The Morgan fingerprint density at radius 1 is 1.00 bits per heavy atom. The van der Waals surface area contributed by atoms with E-state index in [9.17, 15) is 0 Å². The van der Waals surface area contributed by atoms with Gasteiger partial charge in [-0.2, -0.15) is 0 Å². The third kappa shape index (κ3) is 11.6. The zero-order chi connectivity index (χ0) is 15.4. The molecule has 0 fully saturated rings. The molecule has 0 radical (unpaired) electrons. The molecule has 1 N–H and O–H groups in total. The molecule has 0 aliphatic carbocycles. The van der Waals surface area contributed by atoms with Gasteiger partial charge in [0.15, 0.2) is 0 Å². The van der Waals surface area contributed by atoms with Gasteiger partial charge in [0.25, 0.3) is 0 Å². The van der Waals surface area contributed by atoms with Gasteiger partial charge < -0.3 is 14.8 Å². The molecule has 0 bridgehead atoms. The Morgan fingerprint density at radius 2 is 1.50 bits per heavy atom. The molecule has 0 heterocycles. The van der Waals surface area contributed by atoms with Crippen LogP contribution in [0.25, 0.3) is 0 Å². The predicted octanol–water partition coefficient (Wildman–Crippen LogP) is 2.39. The summed E-state index contributed by atoms with van der Waals surface area (Å²) in [5.41, 5.74) is 0.253. The molecule has 0 saturated carbocycles. The smallest absolute Gasteiger partial charge is 0.0593 e. The third-order valence-corrected chi connectivity index (χ3v) is 3.15. The van der Waals surface area contributed by atoms with Gasteiger partial charge in [-0.15, -0.1) is 0 Å². The highest BCUT2D eigenvalue weighted by molar-refractivity contribution is 4.77. The average molecular weight is 288 g/mol. The maximum Gasteiger partial charge on any atom is 0.0593 e. The topological polar surface area (TPSA) is 33.7 Å². The number of hydrogen-bond donors (Lipinski definition) is 1. The van der Waals surface area contributed by atoms with Crippen LogP contribution in [0.2, 0.25) is 0 Å². The minimum absolute atomic E-state index is 0.253. The Labute approximate surface area is 126 Å². The van der Waals surface area contributed by atoms with Crippen LogP contribution in [0.5, 0.6) is 0 Å². The first-order chi connectivity index (χ1) is 9.41. The van der Waals surface area contributed by atoms with Crippen LogP contribution in [-0.2, 0) is 9.47 Å². The van der Waals surface area contributed by atoms with Gasteiger partial charge in [0.05, 0.1) is 13.2 Å². The summed E-state index contributed by atoms with van der Waals surface area (Å²) in [5, 5.41) is 3.54. The van der Waals surface area contributed by atoms with Gasteiger partial charge in [0.2, 0.25) is 0 Å². The lowest BCUT2D eigenvalue weighted by Gasteiger charge is -2.33. The van der Waals surface area contributed by atoms with Crippen LogP contribution in [-0.4, -0.2) is 63.5 Å². The van der Waals surface area contributed by atoms with Crippen molar-refractivity contribution in [3.8, 4) is 0 Å². The van der Waals surface area contributed by atoms with Crippen LogP contribution in [0.15, 0.2) is 0 Å². The van der Waals surface area contributed by atoms with Crippen LogP contribution >= 0.6 is 0 Å². The molecule has 0 aromatic rings. The number of rotatable bonds is 13. The Bertz CT molecular complexity index is 211. The van der Waals surface area contributed by atoms with Crippen LogP contribution in [0.1, 0.15) is 41.5 Å². The Kier molecular flexibility index (Phi) is 11.4. The van der Waals surface area contributed by atoms with Crippen LogP contribution in [0.4, 0.5) is 0 Å². The molecule has 0 aromatic heterocycles. The van der Waals surface area contributed by atoms with E-state index in [0.29, 0.717) is 6.04 Å². The second-order valence-electron chi connectivity index (χ2n) is 6.37. The monoisotopic (exact) mass is 288 g/mol. The molecule has 0 rings (SSSR count). The number of ether oxygens (including phenoxy) is 2. The number of nitrogens with one attached hydrogen (secondary N) is 1. The summed E-state index contributed by atoms with van der Waals surface area (Å²) in [6.07, 6.45) is 0. The first kappa shape index (κ1) is 19.8. The average Bonchev–Trinajstić information content (AvgIpc) is 2.36. The van der Waals surface area contributed by atoms with Gasteiger partial charge >= 0.3 is 0 Å². The molecular formula is C16H36N2O2. The van der Waals surface area contributed by atoms with Gasteiger partial charge in [-0.25, -0.2) is 0 Å². The van der Waals surface area contributed by atoms with E-state index in [4.69, 9.17) is 9.47 Å². The van der Waals surface area contributed by atoms with Crippen LogP contribution in [0.3, 0.4) is 0 Å². The molecule has 4 nitrogen and oxygen atoms in total. The molecule has 0 aliphatic heterocycles. The normalized spacial score (nSPS) is 12.6. The van der Waals surface area contributed by atoms with E-state index in [2.05, 4.69) is 37.9 Å². The number of hydrogen-bond acceptors (Lipinski definition) is 4. The molecule has 0 aromatic carbocycles. The lowest BCUT2D eigenvalue weighted by Crippen LogP contribution is -2.44. The van der Waals surface area contributed by atoms with E-state index < -0.39 is 0 Å². The van der Waals surface area contributed by atoms with E-state index in [1.54, 1.807) is 0 Å². The molecule has 0 amide bonds. The molecule has 4 heteroatoms. The van der Waals surface area contributed by atoms with Crippen molar-refractivity contribution in [3.05, 3.63) is 0 Å². The summed E-state index contributed by atoms with van der Waals surface area (Å²) in [7, 11) is 0. The van der Waals surface area contributed by atoms with Crippen molar-refractivity contribution in [2.45, 2.75) is 47.6 Å². The Hall–Kier alpha value is -0.160. The standard InChI is InChI=1S/C16H36N2O2/c1-7-19-11-9-18(10-12-20-8-2)14-16(5,6)13-17-15(3)4/h15,17H,7-14H2,1-6H3. The van der Waals surface area contributed by atoms with Crippen molar-refractivity contribution in [2.24, 2.45) is 5.41 Å². The zero-order valence-electron chi connectivity index (χ0n) is 14.5. The fraction of sp³-hybridized carbons (Fsp3) is 1.00. The van der Waals surface area contributed by atoms with Crippen molar-refractivity contribution in [1.29, 1.82) is 0 Å². The SMILES string of the molecule is CCOCCN(CCOCC)CC(C)(C)CNC(C)C. The van der Waals surface area contributed by atoms with Crippen molar-refractivity contribution < 1.29 is 9.47 Å². The van der Waals surface area contributed by atoms with Gasteiger partial charge in [-0.3, -0.25) is 4.90 Å². The van der Waals surface area contributed by atoms with Crippen molar-refractivity contribution in [2.75, 3.05) is 52.6 Å². The Balaban J connectivity index is 4.20. The largest absolute Gasteiger partial charge is 0.380 e. The first-order valence-corrected chi connectivity index (χ1v) is 8.02. The van der Waals surface area contributed by atoms with Gasteiger partial charge in [-0.1, -0.05) is 27.7 Å². The van der Waals surface area contributed by atoms with Crippen molar-refractivity contribution in [1.82, 2.24) is 10.2 Å². The maximum atomic E-state index is 5.48. The molecule has 0 atom stereocenters.